The van der Waals surface area contributed by atoms with Crippen LogP contribution in [0, 0.1) is 0 Å². The Hall–Kier alpha value is -1.06. The summed E-state index contributed by atoms with van der Waals surface area (Å²) in [5.74, 6) is -0.207. The molecule has 0 spiro atoms. The Morgan fingerprint density at radius 3 is 2.31 bits per heavy atom. The van der Waals surface area contributed by atoms with Gasteiger partial charge < -0.3 is 11.1 Å². The maximum Gasteiger partial charge on any atom is 0.219 e. The average Bonchev–Trinajstić information content (AvgIpc) is 2.24. The summed E-state index contributed by atoms with van der Waals surface area (Å²) in [6.45, 7) is 2.94. The monoisotopic (exact) mass is 228 g/mol. The molecule has 0 radical (unpaired) electrons. The van der Waals surface area contributed by atoms with Gasteiger partial charge >= 0.3 is 0 Å². The third-order valence-corrected chi connectivity index (χ3v) is 2.43. The van der Waals surface area contributed by atoms with Gasteiger partial charge in [-0.3, -0.25) is 9.59 Å². The molecule has 0 aromatic heterocycles. The maximum atomic E-state index is 11.3. The predicted octanol–water partition coefficient (Wildman–Crippen LogP) is 1.73. The maximum absolute atomic E-state index is 11.3. The second-order valence-corrected chi connectivity index (χ2v) is 4.08. The summed E-state index contributed by atoms with van der Waals surface area (Å²) in [5, 5.41) is 2.87. The minimum absolute atomic E-state index is 0.0842. The SMILES string of the molecule is CCCCCCNC(=O)CCCCC(N)=O. The Labute approximate surface area is 98.0 Å². The van der Waals surface area contributed by atoms with E-state index in [-0.39, 0.29) is 11.8 Å². The van der Waals surface area contributed by atoms with Crippen LogP contribution in [0.5, 0.6) is 0 Å². The molecule has 0 saturated carbocycles. The smallest absolute Gasteiger partial charge is 0.219 e. The standard InChI is InChI=1S/C12H24N2O2/c1-2-3-4-7-10-14-12(16)9-6-5-8-11(13)15/h2-10H2,1H3,(H2,13,15)(H,14,16). The molecule has 0 saturated heterocycles. The van der Waals surface area contributed by atoms with Crippen LogP contribution < -0.4 is 11.1 Å². The molecule has 94 valence electrons. The van der Waals surface area contributed by atoms with E-state index in [4.69, 9.17) is 5.73 Å². The van der Waals surface area contributed by atoms with Crippen molar-refractivity contribution in [3.63, 3.8) is 0 Å². The van der Waals surface area contributed by atoms with Gasteiger partial charge in [0.05, 0.1) is 0 Å². The number of unbranched alkanes of at least 4 members (excludes halogenated alkanes) is 4. The number of hydrogen-bond donors (Lipinski definition) is 2. The van der Waals surface area contributed by atoms with Crippen molar-refractivity contribution >= 4 is 11.8 Å². The van der Waals surface area contributed by atoms with Gasteiger partial charge in [0.15, 0.2) is 0 Å². The third kappa shape index (κ3) is 11.0. The van der Waals surface area contributed by atoms with Crippen LogP contribution >= 0.6 is 0 Å². The quantitative estimate of drug-likeness (QED) is 0.559. The van der Waals surface area contributed by atoms with E-state index in [1.165, 1.54) is 19.3 Å². The van der Waals surface area contributed by atoms with Crippen LogP contribution in [0.2, 0.25) is 0 Å². The summed E-state index contributed by atoms with van der Waals surface area (Å²) in [6.07, 6.45) is 7.00. The molecule has 0 atom stereocenters. The second kappa shape index (κ2) is 10.5. The lowest BCUT2D eigenvalue weighted by Gasteiger charge is -2.04. The number of carbonyl (C=O) groups is 2. The fourth-order valence-corrected chi connectivity index (χ4v) is 1.45. The van der Waals surface area contributed by atoms with Crippen molar-refractivity contribution in [2.75, 3.05) is 6.54 Å². The van der Waals surface area contributed by atoms with Gasteiger partial charge in [-0.25, -0.2) is 0 Å². The molecule has 0 unspecified atom stereocenters. The van der Waals surface area contributed by atoms with Crippen LogP contribution in [0.1, 0.15) is 58.3 Å². The molecule has 3 N–H and O–H groups in total. The molecule has 0 rings (SSSR count). The van der Waals surface area contributed by atoms with Gasteiger partial charge in [-0.2, -0.15) is 0 Å². The van der Waals surface area contributed by atoms with Crippen LogP contribution in [0.3, 0.4) is 0 Å². The predicted molar refractivity (Wildman–Crippen MR) is 64.8 cm³/mol. The Bertz CT molecular complexity index is 205. The molecule has 0 aliphatic carbocycles. The van der Waals surface area contributed by atoms with E-state index in [1.807, 2.05) is 0 Å². The van der Waals surface area contributed by atoms with Gasteiger partial charge in [0, 0.05) is 19.4 Å². The summed E-state index contributed by atoms with van der Waals surface area (Å²) < 4.78 is 0. The lowest BCUT2D eigenvalue weighted by atomic mass is 10.1. The number of primary amides is 1. The summed E-state index contributed by atoms with van der Waals surface area (Å²) in [5.41, 5.74) is 5.00. The minimum atomic E-state index is -0.292. The number of nitrogens with one attached hydrogen (secondary N) is 1. The van der Waals surface area contributed by atoms with E-state index in [9.17, 15) is 9.59 Å². The lowest BCUT2D eigenvalue weighted by Crippen LogP contribution is -2.24. The topological polar surface area (TPSA) is 72.2 Å². The van der Waals surface area contributed by atoms with Gasteiger partial charge in [0.1, 0.15) is 0 Å². The van der Waals surface area contributed by atoms with E-state index in [0.717, 1.165) is 19.4 Å². The van der Waals surface area contributed by atoms with Crippen molar-refractivity contribution in [2.45, 2.75) is 58.3 Å². The van der Waals surface area contributed by atoms with Crippen LogP contribution in [0.15, 0.2) is 0 Å². The van der Waals surface area contributed by atoms with E-state index in [1.54, 1.807) is 0 Å². The molecule has 0 heterocycles. The molecule has 16 heavy (non-hydrogen) atoms. The van der Waals surface area contributed by atoms with E-state index in [0.29, 0.717) is 19.3 Å². The van der Waals surface area contributed by atoms with Gasteiger partial charge in [0.25, 0.3) is 0 Å². The molecule has 0 aliphatic rings. The number of nitrogens with two attached hydrogens (primary N) is 1. The van der Waals surface area contributed by atoms with E-state index >= 15 is 0 Å². The molecule has 0 aromatic carbocycles. The first-order valence-corrected chi connectivity index (χ1v) is 6.21. The molecule has 0 fully saturated rings. The number of rotatable bonds is 10. The zero-order chi connectivity index (χ0) is 12.2. The molecule has 4 heteroatoms. The van der Waals surface area contributed by atoms with Crippen LogP contribution in [0.25, 0.3) is 0 Å². The Kier molecular flexibility index (Phi) is 9.76. The van der Waals surface area contributed by atoms with Crippen molar-refractivity contribution in [1.82, 2.24) is 5.32 Å². The minimum Gasteiger partial charge on any atom is -0.370 e. The van der Waals surface area contributed by atoms with Crippen LogP contribution in [0.4, 0.5) is 0 Å². The molecule has 0 bridgehead atoms. The highest BCUT2D eigenvalue weighted by molar-refractivity contribution is 5.76. The van der Waals surface area contributed by atoms with Crippen LogP contribution in [-0.2, 0) is 9.59 Å². The molecule has 0 aromatic rings. The Balaban J connectivity index is 3.21. The molecule has 4 nitrogen and oxygen atoms in total. The molecule has 0 aliphatic heterocycles. The first-order chi connectivity index (χ1) is 7.66. The summed E-state index contributed by atoms with van der Waals surface area (Å²) in [4.78, 5) is 21.7. The van der Waals surface area contributed by atoms with Crippen molar-refractivity contribution in [2.24, 2.45) is 5.73 Å². The fraction of sp³-hybridized carbons (Fsp3) is 0.833. The van der Waals surface area contributed by atoms with Gasteiger partial charge in [-0.05, 0) is 19.3 Å². The third-order valence-electron chi connectivity index (χ3n) is 2.43. The van der Waals surface area contributed by atoms with Crippen molar-refractivity contribution in [1.29, 1.82) is 0 Å². The molecular weight excluding hydrogens is 204 g/mol. The lowest BCUT2D eigenvalue weighted by molar-refractivity contribution is -0.122. The average molecular weight is 228 g/mol. The summed E-state index contributed by atoms with van der Waals surface area (Å²) >= 11 is 0. The summed E-state index contributed by atoms with van der Waals surface area (Å²) in [7, 11) is 0. The molecule has 2 amide bonds. The Morgan fingerprint density at radius 1 is 1.00 bits per heavy atom. The van der Waals surface area contributed by atoms with Crippen molar-refractivity contribution in [3.05, 3.63) is 0 Å². The van der Waals surface area contributed by atoms with Gasteiger partial charge in [0.2, 0.25) is 11.8 Å². The largest absolute Gasteiger partial charge is 0.370 e. The van der Waals surface area contributed by atoms with Crippen molar-refractivity contribution in [3.8, 4) is 0 Å². The number of amides is 2. The second-order valence-electron chi connectivity index (χ2n) is 4.08. The normalized spacial score (nSPS) is 10.1. The zero-order valence-corrected chi connectivity index (χ0v) is 10.3. The van der Waals surface area contributed by atoms with Crippen LogP contribution in [-0.4, -0.2) is 18.4 Å². The molecular formula is C12H24N2O2. The van der Waals surface area contributed by atoms with Crippen molar-refractivity contribution < 1.29 is 9.59 Å². The first-order valence-electron chi connectivity index (χ1n) is 6.21. The highest BCUT2D eigenvalue weighted by Crippen LogP contribution is 2.00. The highest BCUT2D eigenvalue weighted by Gasteiger charge is 2.01. The van der Waals surface area contributed by atoms with E-state index in [2.05, 4.69) is 12.2 Å². The highest BCUT2D eigenvalue weighted by atomic mass is 16.1. The number of carbonyl (C=O) groups excluding carboxylic acids is 2. The summed E-state index contributed by atoms with van der Waals surface area (Å²) in [6, 6.07) is 0. The van der Waals surface area contributed by atoms with E-state index < -0.39 is 0 Å². The zero-order valence-electron chi connectivity index (χ0n) is 10.3. The fourth-order valence-electron chi connectivity index (χ4n) is 1.45. The van der Waals surface area contributed by atoms with Gasteiger partial charge in [-0.15, -0.1) is 0 Å². The number of hydrogen-bond acceptors (Lipinski definition) is 2. The van der Waals surface area contributed by atoms with Gasteiger partial charge in [-0.1, -0.05) is 26.2 Å². The Morgan fingerprint density at radius 2 is 1.69 bits per heavy atom. The first kappa shape index (κ1) is 14.9.